The third kappa shape index (κ3) is 9.88. The Labute approximate surface area is 227 Å². The summed E-state index contributed by atoms with van der Waals surface area (Å²) in [4.78, 5) is 41.9. The highest BCUT2D eigenvalue weighted by molar-refractivity contribution is 5.86. The van der Waals surface area contributed by atoms with Crippen molar-refractivity contribution < 1.29 is 23.9 Å². The molecule has 0 bridgehead atoms. The SMILES string of the molecule is CCOC(=O)CCC(=O)N(CCC(C)C)CC(=O)N(Cc1cccn1Cc1cccc(OC)c1)C(C)CC. The predicted molar refractivity (Wildman–Crippen MR) is 149 cm³/mol. The standard InChI is InChI=1S/C30H45N3O5/c1-7-24(5)33(21-26-12-10-17-31(26)20-25-11-9-13-27(19-25)37-6)29(35)22-32(18-16-23(3)4)28(34)14-15-30(36)38-8-2/h9-13,17,19,23-24H,7-8,14-16,18,20-22H2,1-6H3. The number of hydrogen-bond acceptors (Lipinski definition) is 5. The van der Waals surface area contributed by atoms with Crippen LogP contribution in [0.5, 0.6) is 5.75 Å². The highest BCUT2D eigenvalue weighted by Crippen LogP contribution is 2.18. The molecule has 1 atom stereocenters. The molecular formula is C30H45N3O5. The van der Waals surface area contributed by atoms with E-state index in [4.69, 9.17) is 9.47 Å². The first-order chi connectivity index (χ1) is 18.2. The summed E-state index contributed by atoms with van der Waals surface area (Å²) in [6.07, 6.45) is 3.65. The van der Waals surface area contributed by atoms with E-state index in [1.807, 2.05) is 48.4 Å². The Balaban J connectivity index is 2.17. The number of amides is 2. The lowest BCUT2D eigenvalue weighted by atomic mass is 10.1. The van der Waals surface area contributed by atoms with Crippen molar-refractivity contribution in [3.63, 3.8) is 0 Å². The zero-order valence-electron chi connectivity index (χ0n) is 23.9. The number of aromatic nitrogens is 1. The van der Waals surface area contributed by atoms with Gasteiger partial charge in [-0.15, -0.1) is 0 Å². The van der Waals surface area contributed by atoms with Crippen LogP contribution in [0.2, 0.25) is 0 Å². The van der Waals surface area contributed by atoms with Crippen LogP contribution in [0.15, 0.2) is 42.6 Å². The van der Waals surface area contributed by atoms with E-state index in [9.17, 15) is 14.4 Å². The molecule has 2 rings (SSSR count). The Hall–Kier alpha value is -3.29. The Morgan fingerprint density at radius 1 is 1.00 bits per heavy atom. The van der Waals surface area contributed by atoms with Crippen LogP contribution in [0, 0.1) is 5.92 Å². The van der Waals surface area contributed by atoms with Crippen molar-refractivity contribution in [2.24, 2.45) is 5.92 Å². The van der Waals surface area contributed by atoms with Gasteiger partial charge in [0.25, 0.3) is 0 Å². The number of ether oxygens (including phenoxy) is 2. The lowest BCUT2D eigenvalue weighted by molar-refractivity contribution is -0.147. The molecular weight excluding hydrogens is 482 g/mol. The van der Waals surface area contributed by atoms with Gasteiger partial charge in [-0.25, -0.2) is 0 Å². The van der Waals surface area contributed by atoms with Gasteiger partial charge in [-0.2, -0.15) is 0 Å². The van der Waals surface area contributed by atoms with Gasteiger partial charge >= 0.3 is 5.97 Å². The summed E-state index contributed by atoms with van der Waals surface area (Å²) in [6, 6.07) is 12.0. The van der Waals surface area contributed by atoms with Crippen molar-refractivity contribution in [2.45, 2.75) is 79.4 Å². The van der Waals surface area contributed by atoms with E-state index in [0.717, 1.165) is 29.8 Å². The first kappa shape index (κ1) is 30.9. The van der Waals surface area contributed by atoms with E-state index in [-0.39, 0.29) is 43.8 Å². The zero-order chi connectivity index (χ0) is 28.1. The number of nitrogens with zero attached hydrogens (tertiary/aromatic N) is 3. The van der Waals surface area contributed by atoms with Crippen LogP contribution < -0.4 is 4.74 Å². The minimum atomic E-state index is -0.394. The van der Waals surface area contributed by atoms with Gasteiger partial charge in [0.2, 0.25) is 11.8 Å². The molecule has 1 aromatic carbocycles. The molecule has 0 aliphatic rings. The molecule has 8 heteroatoms. The highest BCUT2D eigenvalue weighted by Gasteiger charge is 2.25. The fourth-order valence-corrected chi connectivity index (χ4v) is 4.16. The molecule has 0 saturated heterocycles. The van der Waals surface area contributed by atoms with Crippen LogP contribution in [-0.2, 0) is 32.2 Å². The largest absolute Gasteiger partial charge is 0.497 e. The van der Waals surface area contributed by atoms with Gasteiger partial charge in [0.1, 0.15) is 5.75 Å². The first-order valence-corrected chi connectivity index (χ1v) is 13.7. The second-order valence-electron chi connectivity index (χ2n) is 10.1. The van der Waals surface area contributed by atoms with Crippen LogP contribution in [-0.4, -0.2) is 65.0 Å². The summed E-state index contributed by atoms with van der Waals surface area (Å²) in [5.74, 6) is 0.506. The Morgan fingerprint density at radius 3 is 2.42 bits per heavy atom. The van der Waals surface area contributed by atoms with Gasteiger partial charge in [-0.3, -0.25) is 14.4 Å². The molecule has 0 fully saturated rings. The minimum Gasteiger partial charge on any atom is -0.497 e. The normalized spacial score (nSPS) is 11.8. The van der Waals surface area contributed by atoms with Crippen molar-refractivity contribution >= 4 is 17.8 Å². The number of hydrogen-bond donors (Lipinski definition) is 0. The fraction of sp³-hybridized carbons (Fsp3) is 0.567. The van der Waals surface area contributed by atoms with E-state index < -0.39 is 5.97 Å². The summed E-state index contributed by atoms with van der Waals surface area (Å²) >= 11 is 0. The topological polar surface area (TPSA) is 81.1 Å². The number of carbonyl (C=O) groups excluding carboxylic acids is 3. The predicted octanol–water partition coefficient (Wildman–Crippen LogP) is 4.89. The Morgan fingerprint density at radius 2 is 1.76 bits per heavy atom. The lowest BCUT2D eigenvalue weighted by Crippen LogP contribution is -2.46. The molecule has 8 nitrogen and oxygen atoms in total. The molecule has 1 unspecified atom stereocenters. The summed E-state index contributed by atoms with van der Waals surface area (Å²) in [7, 11) is 1.65. The minimum absolute atomic E-state index is 0.00394. The highest BCUT2D eigenvalue weighted by atomic mass is 16.5. The lowest BCUT2D eigenvalue weighted by Gasteiger charge is -2.32. The van der Waals surface area contributed by atoms with Gasteiger partial charge in [0.15, 0.2) is 0 Å². The van der Waals surface area contributed by atoms with E-state index in [1.165, 1.54) is 0 Å². The van der Waals surface area contributed by atoms with Crippen LogP contribution in [0.3, 0.4) is 0 Å². The van der Waals surface area contributed by atoms with Crippen LogP contribution in [0.25, 0.3) is 0 Å². The average Bonchev–Trinajstić information content (AvgIpc) is 3.34. The summed E-state index contributed by atoms with van der Waals surface area (Å²) in [6.45, 7) is 11.9. The number of rotatable bonds is 16. The van der Waals surface area contributed by atoms with Gasteiger partial charge in [0, 0.05) is 37.4 Å². The van der Waals surface area contributed by atoms with Gasteiger partial charge < -0.3 is 23.8 Å². The van der Waals surface area contributed by atoms with Crippen LogP contribution in [0.1, 0.15) is 71.6 Å². The molecule has 2 amide bonds. The van der Waals surface area contributed by atoms with E-state index in [0.29, 0.717) is 25.6 Å². The zero-order valence-corrected chi connectivity index (χ0v) is 23.9. The van der Waals surface area contributed by atoms with Crippen LogP contribution in [0.4, 0.5) is 0 Å². The molecule has 0 aliphatic heterocycles. The average molecular weight is 528 g/mol. The smallest absolute Gasteiger partial charge is 0.306 e. The van der Waals surface area contributed by atoms with Crippen molar-refractivity contribution in [2.75, 3.05) is 26.8 Å². The monoisotopic (exact) mass is 527 g/mol. The summed E-state index contributed by atoms with van der Waals surface area (Å²) < 4.78 is 12.5. The Kier molecular flexibility index (Phi) is 12.9. The molecule has 38 heavy (non-hydrogen) atoms. The van der Waals surface area contributed by atoms with Crippen molar-refractivity contribution in [1.29, 1.82) is 0 Å². The molecule has 0 aliphatic carbocycles. The molecule has 0 N–H and O–H groups in total. The van der Waals surface area contributed by atoms with E-state index in [1.54, 1.807) is 18.9 Å². The van der Waals surface area contributed by atoms with Crippen molar-refractivity contribution in [3.05, 3.63) is 53.9 Å². The molecule has 0 saturated carbocycles. The maximum atomic E-state index is 13.6. The molecule has 1 aromatic heterocycles. The number of methoxy groups -OCH3 is 1. The number of carbonyl (C=O) groups is 3. The van der Waals surface area contributed by atoms with Crippen molar-refractivity contribution in [3.8, 4) is 5.75 Å². The van der Waals surface area contributed by atoms with Crippen molar-refractivity contribution in [1.82, 2.24) is 14.4 Å². The third-order valence-electron chi connectivity index (χ3n) is 6.69. The second kappa shape index (κ2) is 15.8. The molecule has 2 aromatic rings. The van der Waals surface area contributed by atoms with E-state index in [2.05, 4.69) is 31.4 Å². The molecule has 0 spiro atoms. The Bertz CT molecular complexity index is 1030. The van der Waals surface area contributed by atoms with Crippen LogP contribution >= 0.6 is 0 Å². The number of benzene rings is 1. The van der Waals surface area contributed by atoms with E-state index >= 15 is 0 Å². The summed E-state index contributed by atoms with van der Waals surface area (Å²) in [5.41, 5.74) is 2.12. The van der Waals surface area contributed by atoms with Gasteiger partial charge in [-0.05, 0) is 62.4 Å². The summed E-state index contributed by atoms with van der Waals surface area (Å²) in [5, 5.41) is 0. The first-order valence-electron chi connectivity index (χ1n) is 13.7. The molecule has 1 heterocycles. The van der Waals surface area contributed by atoms with Gasteiger partial charge in [-0.1, -0.05) is 32.9 Å². The number of esters is 1. The second-order valence-corrected chi connectivity index (χ2v) is 10.1. The van der Waals surface area contributed by atoms with Gasteiger partial charge in [0.05, 0.1) is 33.2 Å². The maximum Gasteiger partial charge on any atom is 0.306 e. The molecule has 210 valence electrons. The third-order valence-corrected chi connectivity index (χ3v) is 6.69. The quantitative estimate of drug-likeness (QED) is 0.290. The molecule has 0 radical (unpaired) electrons. The maximum absolute atomic E-state index is 13.6. The fourth-order valence-electron chi connectivity index (χ4n) is 4.16.